The van der Waals surface area contributed by atoms with Crippen LogP contribution in [0.3, 0.4) is 0 Å². The zero-order chi connectivity index (χ0) is 17.9. The van der Waals surface area contributed by atoms with Crippen molar-refractivity contribution in [2.75, 3.05) is 11.9 Å². The standard InChI is InChI=1S/C15H13F3N2O3S/c1-2-19-24(22,23)10-4-5-12(17)11(8-10)15(21)20-14-6-3-9(16)7-13(14)18/h3-8,19H,2H2,1H3,(H,20,21). The second-order valence-corrected chi connectivity index (χ2v) is 6.49. The van der Waals surface area contributed by atoms with Gasteiger partial charge in [0.2, 0.25) is 10.0 Å². The summed E-state index contributed by atoms with van der Waals surface area (Å²) >= 11 is 0. The number of anilines is 1. The molecule has 0 saturated carbocycles. The number of benzene rings is 2. The summed E-state index contributed by atoms with van der Waals surface area (Å²) in [7, 11) is -3.89. The Balaban J connectivity index is 2.35. The summed E-state index contributed by atoms with van der Waals surface area (Å²) in [5.74, 6) is -3.92. The van der Waals surface area contributed by atoms with Crippen LogP contribution in [0.25, 0.3) is 0 Å². The maximum Gasteiger partial charge on any atom is 0.258 e. The lowest BCUT2D eigenvalue weighted by Gasteiger charge is -2.10. The minimum atomic E-state index is -3.89. The van der Waals surface area contributed by atoms with Gasteiger partial charge in [-0.2, -0.15) is 0 Å². The number of nitrogens with one attached hydrogen (secondary N) is 2. The number of carbonyl (C=O) groups excluding carboxylic acids is 1. The van der Waals surface area contributed by atoms with Crippen molar-refractivity contribution >= 4 is 21.6 Å². The quantitative estimate of drug-likeness (QED) is 0.863. The smallest absolute Gasteiger partial charge is 0.258 e. The van der Waals surface area contributed by atoms with E-state index in [4.69, 9.17) is 0 Å². The van der Waals surface area contributed by atoms with Crippen LogP contribution in [0.1, 0.15) is 17.3 Å². The lowest BCUT2D eigenvalue weighted by atomic mass is 10.2. The van der Waals surface area contributed by atoms with Crippen molar-refractivity contribution in [3.63, 3.8) is 0 Å². The Kier molecular flexibility index (Phi) is 5.25. The summed E-state index contributed by atoms with van der Waals surface area (Å²) in [6, 6.07) is 5.10. The predicted octanol–water partition coefficient (Wildman–Crippen LogP) is 2.65. The molecule has 0 aliphatic rings. The average Bonchev–Trinajstić information content (AvgIpc) is 2.50. The minimum absolute atomic E-state index is 0.113. The molecule has 0 bridgehead atoms. The molecule has 0 radical (unpaired) electrons. The van der Waals surface area contributed by atoms with Gasteiger partial charge >= 0.3 is 0 Å². The lowest BCUT2D eigenvalue weighted by molar-refractivity contribution is 0.102. The Labute approximate surface area is 136 Å². The van der Waals surface area contributed by atoms with Crippen LogP contribution in [0.5, 0.6) is 0 Å². The van der Waals surface area contributed by atoms with E-state index in [2.05, 4.69) is 10.0 Å². The summed E-state index contributed by atoms with van der Waals surface area (Å²) in [6.07, 6.45) is 0. The highest BCUT2D eigenvalue weighted by molar-refractivity contribution is 7.89. The Morgan fingerprint density at radius 1 is 1.04 bits per heavy atom. The topological polar surface area (TPSA) is 75.3 Å². The van der Waals surface area contributed by atoms with Gasteiger partial charge in [-0.05, 0) is 30.3 Å². The molecule has 0 aromatic heterocycles. The fourth-order valence-electron chi connectivity index (χ4n) is 1.90. The molecule has 0 aliphatic carbocycles. The van der Waals surface area contributed by atoms with Crippen LogP contribution < -0.4 is 10.0 Å². The maximum atomic E-state index is 13.8. The van der Waals surface area contributed by atoms with E-state index in [1.807, 2.05) is 0 Å². The van der Waals surface area contributed by atoms with Crippen LogP contribution in [-0.2, 0) is 10.0 Å². The summed E-state index contributed by atoms with van der Waals surface area (Å²) in [5.41, 5.74) is -0.946. The van der Waals surface area contributed by atoms with Crippen LogP contribution in [0.2, 0.25) is 0 Å². The third-order valence-corrected chi connectivity index (χ3v) is 4.55. The van der Waals surface area contributed by atoms with Gasteiger partial charge in [-0.1, -0.05) is 6.92 Å². The maximum absolute atomic E-state index is 13.8. The molecule has 2 aromatic rings. The monoisotopic (exact) mass is 358 g/mol. The highest BCUT2D eigenvalue weighted by Gasteiger charge is 2.19. The van der Waals surface area contributed by atoms with E-state index in [0.29, 0.717) is 6.07 Å². The fourth-order valence-corrected chi connectivity index (χ4v) is 2.97. The van der Waals surface area contributed by atoms with Crippen molar-refractivity contribution in [1.82, 2.24) is 4.72 Å². The van der Waals surface area contributed by atoms with Crippen molar-refractivity contribution < 1.29 is 26.4 Å². The van der Waals surface area contributed by atoms with Gasteiger partial charge in [0.15, 0.2) is 0 Å². The van der Waals surface area contributed by atoms with Crippen molar-refractivity contribution in [3.05, 3.63) is 59.4 Å². The first-order valence-corrected chi connectivity index (χ1v) is 8.28. The van der Waals surface area contributed by atoms with Gasteiger partial charge in [0.05, 0.1) is 16.1 Å². The molecular weight excluding hydrogens is 345 g/mol. The van der Waals surface area contributed by atoms with Gasteiger partial charge in [-0.25, -0.2) is 26.3 Å². The summed E-state index contributed by atoms with van der Waals surface area (Å²) in [5, 5.41) is 2.07. The Morgan fingerprint density at radius 3 is 2.38 bits per heavy atom. The molecule has 2 N–H and O–H groups in total. The second-order valence-electron chi connectivity index (χ2n) is 4.72. The molecule has 0 saturated heterocycles. The average molecular weight is 358 g/mol. The fraction of sp³-hybridized carbons (Fsp3) is 0.133. The van der Waals surface area contributed by atoms with Crippen LogP contribution in [0.4, 0.5) is 18.9 Å². The van der Waals surface area contributed by atoms with Gasteiger partial charge in [0.1, 0.15) is 17.5 Å². The van der Waals surface area contributed by atoms with E-state index >= 15 is 0 Å². The molecule has 1 amide bonds. The van der Waals surface area contributed by atoms with E-state index < -0.39 is 38.9 Å². The molecule has 5 nitrogen and oxygen atoms in total. The highest BCUT2D eigenvalue weighted by Crippen LogP contribution is 2.19. The number of amides is 1. The first-order chi connectivity index (χ1) is 11.2. The molecule has 2 aromatic carbocycles. The molecule has 0 aliphatic heterocycles. The predicted molar refractivity (Wildman–Crippen MR) is 81.6 cm³/mol. The molecule has 0 fully saturated rings. The molecule has 2 rings (SSSR count). The third kappa shape index (κ3) is 3.92. The van der Waals surface area contributed by atoms with Gasteiger partial charge < -0.3 is 5.32 Å². The highest BCUT2D eigenvalue weighted by atomic mass is 32.2. The molecular formula is C15H13F3N2O3S. The zero-order valence-electron chi connectivity index (χ0n) is 12.4. The van der Waals surface area contributed by atoms with Crippen molar-refractivity contribution in [2.45, 2.75) is 11.8 Å². The van der Waals surface area contributed by atoms with Crippen LogP contribution in [-0.4, -0.2) is 20.9 Å². The first-order valence-electron chi connectivity index (χ1n) is 6.80. The normalized spacial score (nSPS) is 11.3. The van der Waals surface area contributed by atoms with E-state index in [0.717, 1.165) is 30.3 Å². The second kappa shape index (κ2) is 7.02. The van der Waals surface area contributed by atoms with Crippen molar-refractivity contribution in [1.29, 1.82) is 0 Å². The lowest BCUT2D eigenvalue weighted by Crippen LogP contribution is -2.24. The third-order valence-electron chi connectivity index (χ3n) is 3.01. The van der Waals surface area contributed by atoms with Crippen LogP contribution >= 0.6 is 0 Å². The Bertz CT molecular complexity index is 886. The molecule has 0 spiro atoms. The van der Waals surface area contributed by atoms with Gasteiger partial charge in [-0.15, -0.1) is 0 Å². The van der Waals surface area contributed by atoms with E-state index in [9.17, 15) is 26.4 Å². The van der Waals surface area contributed by atoms with Crippen LogP contribution in [0, 0.1) is 17.5 Å². The van der Waals surface area contributed by atoms with E-state index in [1.54, 1.807) is 6.92 Å². The van der Waals surface area contributed by atoms with Crippen molar-refractivity contribution in [2.24, 2.45) is 0 Å². The molecule has 128 valence electrons. The summed E-state index contributed by atoms with van der Waals surface area (Å²) in [6.45, 7) is 1.67. The molecule has 0 atom stereocenters. The number of carbonyl (C=O) groups is 1. The zero-order valence-corrected chi connectivity index (χ0v) is 13.3. The molecule has 24 heavy (non-hydrogen) atoms. The number of halogens is 3. The van der Waals surface area contributed by atoms with E-state index in [-0.39, 0.29) is 17.1 Å². The summed E-state index contributed by atoms with van der Waals surface area (Å²) < 4.78 is 66.2. The summed E-state index contributed by atoms with van der Waals surface area (Å²) in [4.78, 5) is 11.8. The Morgan fingerprint density at radius 2 is 1.75 bits per heavy atom. The number of hydrogen-bond acceptors (Lipinski definition) is 3. The van der Waals surface area contributed by atoms with Gasteiger partial charge in [-0.3, -0.25) is 4.79 Å². The molecule has 9 heteroatoms. The largest absolute Gasteiger partial charge is 0.319 e. The molecule has 0 heterocycles. The minimum Gasteiger partial charge on any atom is -0.319 e. The van der Waals surface area contributed by atoms with Crippen molar-refractivity contribution in [3.8, 4) is 0 Å². The number of sulfonamides is 1. The van der Waals surface area contributed by atoms with E-state index in [1.165, 1.54) is 0 Å². The van der Waals surface area contributed by atoms with Gasteiger partial charge in [0.25, 0.3) is 5.91 Å². The van der Waals surface area contributed by atoms with Gasteiger partial charge in [0, 0.05) is 12.6 Å². The number of hydrogen-bond donors (Lipinski definition) is 2. The van der Waals surface area contributed by atoms with Crippen LogP contribution in [0.15, 0.2) is 41.3 Å². The molecule has 0 unspecified atom stereocenters. The SMILES string of the molecule is CCNS(=O)(=O)c1ccc(F)c(C(=O)Nc2ccc(F)cc2F)c1. The Hall–Kier alpha value is -2.39. The first kappa shape index (κ1) is 18.0. The number of rotatable bonds is 5.